The van der Waals surface area contributed by atoms with Gasteiger partial charge < -0.3 is 10.4 Å². The predicted octanol–water partition coefficient (Wildman–Crippen LogP) is 2.46. The molecular formula is C16H19NO3. The first-order chi connectivity index (χ1) is 9.65. The van der Waals surface area contributed by atoms with Gasteiger partial charge >= 0.3 is 5.97 Å². The molecule has 1 aliphatic carbocycles. The van der Waals surface area contributed by atoms with Gasteiger partial charge in [0, 0.05) is 12.1 Å². The molecule has 4 heteroatoms. The van der Waals surface area contributed by atoms with E-state index in [-0.39, 0.29) is 17.9 Å². The van der Waals surface area contributed by atoms with Gasteiger partial charge in [0.1, 0.15) is 0 Å². The molecule has 1 aromatic rings. The zero-order chi connectivity index (χ0) is 14.4. The highest BCUT2D eigenvalue weighted by Crippen LogP contribution is 2.24. The van der Waals surface area contributed by atoms with Crippen LogP contribution in [0.15, 0.2) is 36.4 Å². The van der Waals surface area contributed by atoms with Gasteiger partial charge in [-0.25, -0.2) is 0 Å². The van der Waals surface area contributed by atoms with Crippen molar-refractivity contribution >= 4 is 18.0 Å². The minimum atomic E-state index is -0.723. The van der Waals surface area contributed by atoms with Crippen LogP contribution in [0.3, 0.4) is 0 Å². The molecule has 2 N–H and O–H groups in total. The second kappa shape index (κ2) is 6.89. The van der Waals surface area contributed by atoms with Crippen LogP contribution < -0.4 is 5.32 Å². The number of hydrogen-bond acceptors (Lipinski definition) is 2. The number of carbonyl (C=O) groups excluding carboxylic acids is 1. The smallest absolute Gasteiger partial charge is 0.306 e. The molecule has 0 saturated heterocycles. The largest absolute Gasteiger partial charge is 0.481 e. The Morgan fingerprint density at radius 2 is 1.75 bits per heavy atom. The number of rotatable bonds is 4. The third-order valence-corrected chi connectivity index (χ3v) is 3.65. The summed E-state index contributed by atoms with van der Waals surface area (Å²) in [7, 11) is 0. The summed E-state index contributed by atoms with van der Waals surface area (Å²) in [6.45, 7) is 0. The molecule has 0 aromatic heterocycles. The lowest BCUT2D eigenvalue weighted by atomic mass is 9.86. The van der Waals surface area contributed by atoms with E-state index in [1.54, 1.807) is 6.08 Å². The van der Waals surface area contributed by atoms with Crippen LogP contribution in [0.2, 0.25) is 0 Å². The van der Waals surface area contributed by atoms with E-state index >= 15 is 0 Å². The van der Waals surface area contributed by atoms with Crippen molar-refractivity contribution in [2.24, 2.45) is 5.92 Å². The maximum atomic E-state index is 11.8. The van der Waals surface area contributed by atoms with Gasteiger partial charge in [0.05, 0.1) is 5.92 Å². The van der Waals surface area contributed by atoms with E-state index in [1.807, 2.05) is 30.3 Å². The lowest BCUT2D eigenvalue weighted by Crippen LogP contribution is -2.37. The van der Waals surface area contributed by atoms with Gasteiger partial charge in [0.25, 0.3) is 0 Å². The summed E-state index contributed by atoms with van der Waals surface area (Å²) in [5.41, 5.74) is 0.984. The number of carboxylic acid groups (broad SMARTS) is 1. The third kappa shape index (κ3) is 4.23. The molecule has 1 aromatic carbocycles. The van der Waals surface area contributed by atoms with Crippen LogP contribution in [0, 0.1) is 5.92 Å². The lowest BCUT2D eigenvalue weighted by Gasteiger charge is -2.26. The molecule has 4 nitrogen and oxygen atoms in total. The van der Waals surface area contributed by atoms with Crippen molar-refractivity contribution in [3.05, 3.63) is 42.0 Å². The van der Waals surface area contributed by atoms with Crippen LogP contribution in [0.4, 0.5) is 0 Å². The van der Waals surface area contributed by atoms with Gasteiger partial charge in [-0.15, -0.1) is 0 Å². The maximum absolute atomic E-state index is 11.8. The monoisotopic (exact) mass is 273 g/mol. The zero-order valence-electron chi connectivity index (χ0n) is 11.3. The molecule has 1 fully saturated rings. The standard InChI is InChI=1S/C16H19NO3/c18-15(11-6-12-4-2-1-3-5-12)17-14-9-7-13(8-10-14)16(19)20/h1-6,11,13-14H,7-10H2,(H,17,18)(H,19,20)/b11-6+. The Labute approximate surface area is 118 Å². The molecule has 0 spiro atoms. The molecule has 2 rings (SSSR count). The van der Waals surface area contributed by atoms with Crippen molar-refractivity contribution in [1.82, 2.24) is 5.32 Å². The number of amides is 1. The number of carbonyl (C=O) groups is 2. The first-order valence-electron chi connectivity index (χ1n) is 6.91. The van der Waals surface area contributed by atoms with E-state index in [9.17, 15) is 9.59 Å². The highest BCUT2D eigenvalue weighted by molar-refractivity contribution is 5.91. The van der Waals surface area contributed by atoms with E-state index in [2.05, 4.69) is 5.32 Å². The molecular weight excluding hydrogens is 254 g/mol. The fourth-order valence-corrected chi connectivity index (χ4v) is 2.47. The van der Waals surface area contributed by atoms with Crippen LogP contribution in [0.25, 0.3) is 6.08 Å². The van der Waals surface area contributed by atoms with Crippen molar-refractivity contribution in [3.8, 4) is 0 Å². The Balaban J connectivity index is 1.78. The summed E-state index contributed by atoms with van der Waals surface area (Å²) in [6.07, 6.45) is 6.06. The zero-order valence-corrected chi connectivity index (χ0v) is 11.3. The molecule has 0 heterocycles. The van der Waals surface area contributed by atoms with Crippen LogP contribution in [0.5, 0.6) is 0 Å². The van der Waals surface area contributed by atoms with E-state index in [1.165, 1.54) is 6.08 Å². The van der Waals surface area contributed by atoms with Crippen LogP contribution >= 0.6 is 0 Å². The molecule has 0 atom stereocenters. The van der Waals surface area contributed by atoms with E-state index in [4.69, 9.17) is 5.11 Å². The normalized spacial score (nSPS) is 22.6. The lowest BCUT2D eigenvalue weighted by molar-refractivity contribution is -0.142. The van der Waals surface area contributed by atoms with Gasteiger partial charge in [-0.2, -0.15) is 0 Å². The van der Waals surface area contributed by atoms with E-state index in [0.29, 0.717) is 12.8 Å². The highest BCUT2D eigenvalue weighted by atomic mass is 16.4. The minimum absolute atomic E-state index is 0.0959. The van der Waals surface area contributed by atoms with E-state index in [0.717, 1.165) is 18.4 Å². The van der Waals surface area contributed by atoms with E-state index < -0.39 is 5.97 Å². The summed E-state index contributed by atoms with van der Waals surface area (Å²) < 4.78 is 0. The Hall–Kier alpha value is -2.10. The average Bonchev–Trinajstić information content (AvgIpc) is 2.47. The van der Waals surface area contributed by atoms with Gasteiger partial charge in [-0.05, 0) is 37.3 Å². The summed E-state index contributed by atoms with van der Waals surface area (Å²) in [5.74, 6) is -1.09. The van der Waals surface area contributed by atoms with Crippen molar-refractivity contribution in [2.75, 3.05) is 0 Å². The van der Waals surface area contributed by atoms with Crippen molar-refractivity contribution in [2.45, 2.75) is 31.7 Å². The summed E-state index contributed by atoms with van der Waals surface area (Å²) in [5, 5.41) is 11.8. The van der Waals surface area contributed by atoms with Crippen molar-refractivity contribution in [3.63, 3.8) is 0 Å². The Morgan fingerprint density at radius 1 is 1.10 bits per heavy atom. The topological polar surface area (TPSA) is 66.4 Å². The first kappa shape index (κ1) is 14.3. The number of benzene rings is 1. The van der Waals surface area contributed by atoms with Gasteiger partial charge in [0.2, 0.25) is 5.91 Å². The van der Waals surface area contributed by atoms with Gasteiger partial charge in [0.15, 0.2) is 0 Å². The molecule has 0 bridgehead atoms. The Kier molecular flexibility index (Phi) is 4.93. The second-order valence-corrected chi connectivity index (χ2v) is 5.14. The minimum Gasteiger partial charge on any atom is -0.481 e. The number of aliphatic carboxylic acids is 1. The molecule has 0 aliphatic heterocycles. The van der Waals surface area contributed by atoms with Crippen molar-refractivity contribution in [1.29, 1.82) is 0 Å². The maximum Gasteiger partial charge on any atom is 0.306 e. The van der Waals surface area contributed by atoms with Gasteiger partial charge in [-0.1, -0.05) is 30.3 Å². The Morgan fingerprint density at radius 3 is 2.35 bits per heavy atom. The molecule has 20 heavy (non-hydrogen) atoms. The third-order valence-electron chi connectivity index (χ3n) is 3.65. The fourth-order valence-electron chi connectivity index (χ4n) is 2.47. The molecule has 1 amide bonds. The SMILES string of the molecule is O=C(/C=C/c1ccccc1)NC1CCC(C(=O)O)CC1. The number of nitrogens with one attached hydrogen (secondary N) is 1. The quantitative estimate of drug-likeness (QED) is 0.828. The summed E-state index contributed by atoms with van der Waals surface area (Å²) in [4.78, 5) is 22.6. The molecule has 0 unspecified atom stereocenters. The first-order valence-corrected chi connectivity index (χ1v) is 6.91. The second-order valence-electron chi connectivity index (χ2n) is 5.14. The fraction of sp³-hybridized carbons (Fsp3) is 0.375. The van der Waals surface area contributed by atoms with Crippen LogP contribution in [-0.4, -0.2) is 23.0 Å². The highest BCUT2D eigenvalue weighted by Gasteiger charge is 2.26. The average molecular weight is 273 g/mol. The van der Waals surface area contributed by atoms with Crippen molar-refractivity contribution < 1.29 is 14.7 Å². The van der Waals surface area contributed by atoms with Gasteiger partial charge in [-0.3, -0.25) is 9.59 Å². The summed E-state index contributed by atoms with van der Waals surface area (Å²) in [6, 6.07) is 9.73. The molecule has 1 saturated carbocycles. The van der Waals surface area contributed by atoms with Crippen LogP contribution in [-0.2, 0) is 9.59 Å². The predicted molar refractivity (Wildman–Crippen MR) is 77.0 cm³/mol. The molecule has 0 radical (unpaired) electrons. The Bertz CT molecular complexity index is 488. The van der Waals surface area contributed by atoms with Crippen LogP contribution in [0.1, 0.15) is 31.2 Å². The molecule has 1 aliphatic rings. The number of hydrogen-bond donors (Lipinski definition) is 2. The summed E-state index contributed by atoms with van der Waals surface area (Å²) >= 11 is 0. The number of carboxylic acids is 1. The molecule has 106 valence electrons.